The van der Waals surface area contributed by atoms with Crippen LogP contribution in [-0.4, -0.2) is 4.57 Å². The van der Waals surface area contributed by atoms with Crippen molar-refractivity contribution in [3.8, 4) is 16.8 Å². The van der Waals surface area contributed by atoms with Crippen LogP contribution in [0.15, 0.2) is 97.1 Å². The van der Waals surface area contributed by atoms with E-state index in [1.807, 2.05) is 0 Å². The average molecular weight is 361 g/mol. The number of rotatable bonds is 3. The van der Waals surface area contributed by atoms with E-state index in [9.17, 15) is 0 Å². The molecule has 1 heteroatoms. The summed E-state index contributed by atoms with van der Waals surface area (Å²) >= 11 is 0. The minimum atomic E-state index is 0.521. The predicted octanol–water partition coefficient (Wildman–Crippen LogP) is 7.57. The van der Waals surface area contributed by atoms with Gasteiger partial charge in [-0.1, -0.05) is 80.6 Å². The van der Waals surface area contributed by atoms with Gasteiger partial charge < -0.3 is 4.57 Å². The first-order valence-corrected chi connectivity index (χ1v) is 9.91. The third-order valence-corrected chi connectivity index (χ3v) is 5.57. The van der Waals surface area contributed by atoms with Crippen LogP contribution >= 0.6 is 0 Å². The van der Waals surface area contributed by atoms with E-state index in [0.717, 1.165) is 0 Å². The molecule has 0 N–H and O–H groups in total. The van der Waals surface area contributed by atoms with E-state index in [1.54, 1.807) is 0 Å². The zero-order valence-electron chi connectivity index (χ0n) is 16.3. The molecule has 0 fully saturated rings. The normalized spacial score (nSPS) is 11.5. The van der Waals surface area contributed by atoms with Crippen molar-refractivity contribution in [3.05, 3.63) is 103 Å². The lowest BCUT2D eigenvalue weighted by Crippen LogP contribution is -1.94. The number of hydrogen-bond donors (Lipinski definition) is 0. The zero-order chi connectivity index (χ0) is 19.1. The fraction of sp³-hybridized carbons (Fsp3) is 0.111. The first-order chi connectivity index (χ1) is 13.7. The molecule has 5 rings (SSSR count). The third-order valence-electron chi connectivity index (χ3n) is 5.57. The Morgan fingerprint density at radius 3 is 2.11 bits per heavy atom. The Morgan fingerprint density at radius 1 is 0.571 bits per heavy atom. The van der Waals surface area contributed by atoms with Crippen LogP contribution in [0.25, 0.3) is 38.6 Å². The summed E-state index contributed by atoms with van der Waals surface area (Å²) < 4.78 is 2.39. The Bertz CT molecular complexity index is 1280. The Balaban J connectivity index is 1.79. The second-order valence-electron chi connectivity index (χ2n) is 7.70. The lowest BCUT2D eigenvalue weighted by molar-refractivity contribution is 0.868. The van der Waals surface area contributed by atoms with Crippen molar-refractivity contribution in [3.63, 3.8) is 0 Å². The van der Waals surface area contributed by atoms with Crippen molar-refractivity contribution in [2.75, 3.05) is 0 Å². The predicted molar refractivity (Wildman–Crippen MR) is 120 cm³/mol. The van der Waals surface area contributed by atoms with Gasteiger partial charge in [0, 0.05) is 16.5 Å². The molecule has 0 saturated heterocycles. The zero-order valence-corrected chi connectivity index (χ0v) is 16.3. The highest BCUT2D eigenvalue weighted by Gasteiger charge is 2.13. The van der Waals surface area contributed by atoms with Crippen LogP contribution in [0.3, 0.4) is 0 Å². The molecule has 0 saturated carbocycles. The van der Waals surface area contributed by atoms with Gasteiger partial charge in [0.1, 0.15) is 0 Å². The standard InChI is InChI=1S/C27H23N/c1-19(2)21-15-16-27-25(18-21)24-13-6-7-14-26(24)28(27)23-12-8-11-22(17-23)20-9-4-3-5-10-20/h3-19H,1-2H3. The number of aromatic nitrogens is 1. The highest BCUT2D eigenvalue weighted by atomic mass is 15.0. The largest absolute Gasteiger partial charge is 0.309 e. The van der Waals surface area contributed by atoms with Gasteiger partial charge in [0.15, 0.2) is 0 Å². The topological polar surface area (TPSA) is 4.93 Å². The van der Waals surface area contributed by atoms with E-state index in [2.05, 4.69) is 115 Å². The first kappa shape index (κ1) is 16.8. The van der Waals surface area contributed by atoms with Crippen molar-refractivity contribution < 1.29 is 0 Å². The molecule has 136 valence electrons. The van der Waals surface area contributed by atoms with Crippen LogP contribution in [-0.2, 0) is 0 Å². The molecule has 4 aromatic carbocycles. The Kier molecular flexibility index (Phi) is 4.02. The minimum Gasteiger partial charge on any atom is -0.309 e. The molecule has 1 nitrogen and oxygen atoms in total. The van der Waals surface area contributed by atoms with Crippen molar-refractivity contribution >= 4 is 21.8 Å². The van der Waals surface area contributed by atoms with Crippen LogP contribution in [0.4, 0.5) is 0 Å². The summed E-state index contributed by atoms with van der Waals surface area (Å²) in [7, 11) is 0. The second-order valence-corrected chi connectivity index (χ2v) is 7.70. The van der Waals surface area contributed by atoms with Crippen LogP contribution in [0, 0.1) is 0 Å². The molecular formula is C27H23N. The van der Waals surface area contributed by atoms with E-state index in [4.69, 9.17) is 0 Å². The van der Waals surface area contributed by atoms with E-state index in [1.165, 1.54) is 44.2 Å². The lowest BCUT2D eigenvalue weighted by atomic mass is 10.0. The monoisotopic (exact) mass is 361 g/mol. The highest BCUT2D eigenvalue weighted by Crippen LogP contribution is 2.34. The molecule has 0 spiro atoms. The molecule has 1 heterocycles. The SMILES string of the molecule is CC(C)c1ccc2c(c1)c1ccccc1n2-c1cccc(-c2ccccc2)c1. The summed E-state index contributed by atoms with van der Waals surface area (Å²) in [5.41, 5.74) is 7.58. The van der Waals surface area contributed by atoms with Gasteiger partial charge in [-0.05, 0) is 52.9 Å². The van der Waals surface area contributed by atoms with E-state index < -0.39 is 0 Å². The summed E-state index contributed by atoms with van der Waals surface area (Å²) in [6.07, 6.45) is 0. The fourth-order valence-corrected chi connectivity index (χ4v) is 4.08. The molecule has 0 radical (unpaired) electrons. The molecule has 0 aliphatic carbocycles. The van der Waals surface area contributed by atoms with Gasteiger partial charge in [-0.2, -0.15) is 0 Å². The van der Waals surface area contributed by atoms with Crippen molar-refractivity contribution in [2.45, 2.75) is 19.8 Å². The van der Waals surface area contributed by atoms with E-state index >= 15 is 0 Å². The van der Waals surface area contributed by atoms with Crippen molar-refractivity contribution in [1.29, 1.82) is 0 Å². The third kappa shape index (κ3) is 2.71. The number of benzene rings is 4. The van der Waals surface area contributed by atoms with Gasteiger partial charge in [0.2, 0.25) is 0 Å². The first-order valence-electron chi connectivity index (χ1n) is 9.91. The fourth-order valence-electron chi connectivity index (χ4n) is 4.08. The van der Waals surface area contributed by atoms with Gasteiger partial charge in [-0.25, -0.2) is 0 Å². The number of para-hydroxylation sites is 1. The van der Waals surface area contributed by atoms with Gasteiger partial charge >= 0.3 is 0 Å². The van der Waals surface area contributed by atoms with Crippen LogP contribution in [0.2, 0.25) is 0 Å². The molecule has 0 amide bonds. The molecular weight excluding hydrogens is 338 g/mol. The average Bonchev–Trinajstić information content (AvgIpc) is 3.08. The second kappa shape index (κ2) is 6.69. The molecule has 1 aromatic heterocycles. The Morgan fingerprint density at radius 2 is 1.29 bits per heavy atom. The van der Waals surface area contributed by atoms with Crippen molar-refractivity contribution in [2.24, 2.45) is 0 Å². The summed E-state index contributed by atoms with van der Waals surface area (Å²) in [4.78, 5) is 0. The van der Waals surface area contributed by atoms with Gasteiger partial charge in [0.25, 0.3) is 0 Å². The van der Waals surface area contributed by atoms with Crippen LogP contribution in [0.5, 0.6) is 0 Å². The summed E-state index contributed by atoms with van der Waals surface area (Å²) in [5.74, 6) is 0.521. The highest BCUT2D eigenvalue weighted by molar-refractivity contribution is 6.09. The van der Waals surface area contributed by atoms with Gasteiger partial charge in [-0.3, -0.25) is 0 Å². The van der Waals surface area contributed by atoms with Crippen LogP contribution < -0.4 is 0 Å². The lowest BCUT2D eigenvalue weighted by Gasteiger charge is -2.11. The summed E-state index contributed by atoms with van der Waals surface area (Å²) in [5, 5.41) is 2.64. The van der Waals surface area contributed by atoms with Gasteiger partial charge in [-0.15, -0.1) is 0 Å². The molecule has 0 aliphatic heterocycles. The maximum absolute atomic E-state index is 2.39. The summed E-state index contributed by atoms with van der Waals surface area (Å²) in [6.45, 7) is 4.51. The molecule has 0 bridgehead atoms. The maximum atomic E-state index is 2.39. The Hall–Kier alpha value is -3.32. The number of nitrogens with zero attached hydrogens (tertiary/aromatic N) is 1. The quantitative estimate of drug-likeness (QED) is 0.312. The smallest absolute Gasteiger partial charge is 0.0541 e. The molecule has 0 unspecified atom stereocenters. The molecule has 5 aromatic rings. The maximum Gasteiger partial charge on any atom is 0.0541 e. The van der Waals surface area contributed by atoms with E-state index in [0.29, 0.717) is 5.92 Å². The van der Waals surface area contributed by atoms with Crippen molar-refractivity contribution in [1.82, 2.24) is 4.57 Å². The van der Waals surface area contributed by atoms with E-state index in [-0.39, 0.29) is 0 Å². The molecule has 0 atom stereocenters. The minimum absolute atomic E-state index is 0.521. The van der Waals surface area contributed by atoms with Crippen LogP contribution in [0.1, 0.15) is 25.3 Å². The number of fused-ring (bicyclic) bond motifs is 3. The van der Waals surface area contributed by atoms with Gasteiger partial charge in [0.05, 0.1) is 11.0 Å². The summed E-state index contributed by atoms with van der Waals surface area (Å²) in [6, 6.07) is 35.0. The molecule has 0 aliphatic rings. The molecule has 28 heavy (non-hydrogen) atoms. The Labute approximate surface area is 165 Å². The number of hydrogen-bond acceptors (Lipinski definition) is 0.